The standard InChI is InChI=1S/C16H27N3OS/c1-21-13-16(6-10-20)18-15-4-8-19(9-5-15)12-14-3-2-7-17-11-14/h2-3,7,11,15-16,18,20H,4-6,8-10,12-13H2,1H3. The first-order chi connectivity index (χ1) is 10.3. The van der Waals surface area contributed by atoms with Crippen LogP contribution in [0.1, 0.15) is 24.8 Å². The molecule has 1 aliphatic rings. The molecule has 21 heavy (non-hydrogen) atoms. The van der Waals surface area contributed by atoms with Crippen molar-refractivity contribution >= 4 is 11.8 Å². The third-order valence-corrected chi connectivity index (χ3v) is 4.77. The van der Waals surface area contributed by atoms with E-state index in [-0.39, 0.29) is 6.61 Å². The van der Waals surface area contributed by atoms with Gasteiger partial charge in [-0.05, 0) is 50.2 Å². The highest BCUT2D eigenvalue weighted by Crippen LogP contribution is 2.15. The fourth-order valence-corrected chi connectivity index (χ4v) is 3.58. The number of thioether (sulfide) groups is 1. The van der Waals surface area contributed by atoms with Crippen molar-refractivity contribution in [2.45, 2.75) is 37.9 Å². The van der Waals surface area contributed by atoms with Gasteiger partial charge >= 0.3 is 0 Å². The topological polar surface area (TPSA) is 48.4 Å². The van der Waals surface area contributed by atoms with Crippen molar-refractivity contribution in [2.24, 2.45) is 0 Å². The molecule has 4 nitrogen and oxygen atoms in total. The minimum Gasteiger partial charge on any atom is -0.396 e. The van der Waals surface area contributed by atoms with Crippen LogP contribution >= 0.6 is 11.8 Å². The average molecular weight is 309 g/mol. The number of aliphatic hydroxyl groups is 1. The van der Waals surface area contributed by atoms with Gasteiger partial charge in [0.2, 0.25) is 0 Å². The summed E-state index contributed by atoms with van der Waals surface area (Å²) in [6.45, 7) is 3.55. The Morgan fingerprint density at radius 2 is 2.29 bits per heavy atom. The van der Waals surface area contributed by atoms with Crippen molar-refractivity contribution in [2.75, 3.05) is 31.7 Å². The Bertz CT molecular complexity index is 376. The SMILES string of the molecule is CSCC(CCO)NC1CCN(Cc2cccnc2)CC1. The Balaban J connectivity index is 1.72. The third-order valence-electron chi connectivity index (χ3n) is 4.03. The van der Waals surface area contributed by atoms with E-state index in [2.05, 4.69) is 27.5 Å². The number of piperidine rings is 1. The molecule has 0 saturated carbocycles. The minimum atomic E-state index is 0.276. The summed E-state index contributed by atoms with van der Waals surface area (Å²) in [6, 6.07) is 5.19. The Kier molecular flexibility index (Phi) is 7.50. The molecule has 0 radical (unpaired) electrons. The molecule has 1 unspecified atom stereocenters. The van der Waals surface area contributed by atoms with Crippen molar-refractivity contribution in [1.29, 1.82) is 0 Å². The average Bonchev–Trinajstić information content (AvgIpc) is 2.51. The van der Waals surface area contributed by atoms with E-state index in [1.165, 1.54) is 18.4 Å². The molecule has 2 rings (SSSR count). The van der Waals surface area contributed by atoms with Gasteiger partial charge in [0.1, 0.15) is 0 Å². The van der Waals surface area contributed by atoms with Crippen LogP contribution in [0.15, 0.2) is 24.5 Å². The highest BCUT2D eigenvalue weighted by Gasteiger charge is 2.21. The summed E-state index contributed by atoms with van der Waals surface area (Å²) >= 11 is 1.85. The van der Waals surface area contributed by atoms with Crippen LogP contribution in [0.5, 0.6) is 0 Å². The molecule has 1 aromatic rings. The summed E-state index contributed by atoms with van der Waals surface area (Å²) in [4.78, 5) is 6.69. The van der Waals surface area contributed by atoms with Crippen molar-refractivity contribution in [3.05, 3.63) is 30.1 Å². The van der Waals surface area contributed by atoms with Gasteiger partial charge in [-0.25, -0.2) is 0 Å². The zero-order valence-corrected chi connectivity index (χ0v) is 13.7. The van der Waals surface area contributed by atoms with E-state index < -0.39 is 0 Å². The Morgan fingerprint density at radius 3 is 2.90 bits per heavy atom. The highest BCUT2D eigenvalue weighted by atomic mass is 32.2. The quantitative estimate of drug-likeness (QED) is 0.766. The summed E-state index contributed by atoms with van der Waals surface area (Å²) in [5.74, 6) is 1.08. The van der Waals surface area contributed by atoms with E-state index in [9.17, 15) is 0 Å². The molecule has 5 heteroatoms. The molecule has 1 fully saturated rings. The molecule has 0 aromatic carbocycles. The molecule has 1 atom stereocenters. The summed E-state index contributed by atoms with van der Waals surface area (Å²) in [7, 11) is 0. The number of nitrogens with one attached hydrogen (secondary N) is 1. The molecule has 1 aromatic heterocycles. The second kappa shape index (κ2) is 9.41. The van der Waals surface area contributed by atoms with Crippen LogP contribution < -0.4 is 5.32 Å². The maximum absolute atomic E-state index is 9.14. The first-order valence-electron chi connectivity index (χ1n) is 7.79. The summed E-state index contributed by atoms with van der Waals surface area (Å²) in [5.41, 5.74) is 1.30. The second-order valence-electron chi connectivity index (χ2n) is 5.74. The van der Waals surface area contributed by atoms with E-state index in [1.807, 2.05) is 30.2 Å². The molecular formula is C16H27N3OS. The van der Waals surface area contributed by atoms with Crippen LogP contribution in [-0.2, 0) is 6.54 Å². The van der Waals surface area contributed by atoms with E-state index in [4.69, 9.17) is 5.11 Å². The van der Waals surface area contributed by atoms with Gasteiger partial charge in [-0.3, -0.25) is 9.88 Å². The largest absolute Gasteiger partial charge is 0.396 e. The van der Waals surface area contributed by atoms with Gasteiger partial charge in [0, 0.05) is 43.4 Å². The third kappa shape index (κ3) is 5.94. The maximum Gasteiger partial charge on any atom is 0.0446 e. The smallest absolute Gasteiger partial charge is 0.0446 e. The molecule has 1 saturated heterocycles. The summed E-state index contributed by atoms with van der Waals surface area (Å²) < 4.78 is 0. The van der Waals surface area contributed by atoms with Gasteiger partial charge < -0.3 is 10.4 Å². The number of rotatable bonds is 8. The second-order valence-corrected chi connectivity index (χ2v) is 6.65. The van der Waals surface area contributed by atoms with E-state index in [0.29, 0.717) is 12.1 Å². The number of nitrogens with zero attached hydrogens (tertiary/aromatic N) is 2. The van der Waals surface area contributed by atoms with Gasteiger partial charge in [-0.2, -0.15) is 11.8 Å². The van der Waals surface area contributed by atoms with Gasteiger partial charge in [-0.1, -0.05) is 6.07 Å². The van der Waals surface area contributed by atoms with Gasteiger partial charge in [0.25, 0.3) is 0 Å². The lowest BCUT2D eigenvalue weighted by atomic mass is 10.0. The lowest BCUT2D eigenvalue weighted by Crippen LogP contribution is -2.47. The number of likely N-dealkylation sites (tertiary alicyclic amines) is 1. The lowest BCUT2D eigenvalue weighted by Gasteiger charge is -2.34. The van der Waals surface area contributed by atoms with E-state index >= 15 is 0 Å². The van der Waals surface area contributed by atoms with Crippen LogP contribution in [0.25, 0.3) is 0 Å². The number of pyridine rings is 1. The number of hydrogen-bond acceptors (Lipinski definition) is 5. The number of hydrogen-bond donors (Lipinski definition) is 2. The molecule has 2 N–H and O–H groups in total. The molecule has 0 spiro atoms. The van der Waals surface area contributed by atoms with Crippen LogP contribution in [0.2, 0.25) is 0 Å². The minimum absolute atomic E-state index is 0.276. The molecule has 0 aliphatic carbocycles. The molecule has 1 aliphatic heterocycles. The first kappa shape index (κ1) is 16.7. The van der Waals surface area contributed by atoms with E-state index in [1.54, 1.807) is 0 Å². The van der Waals surface area contributed by atoms with Crippen molar-refractivity contribution in [1.82, 2.24) is 15.2 Å². The van der Waals surface area contributed by atoms with Crippen molar-refractivity contribution < 1.29 is 5.11 Å². The van der Waals surface area contributed by atoms with Crippen LogP contribution in [0.3, 0.4) is 0 Å². The predicted octanol–water partition coefficient (Wildman–Crippen LogP) is 1.75. The highest BCUT2D eigenvalue weighted by molar-refractivity contribution is 7.98. The number of aromatic nitrogens is 1. The Hall–Kier alpha value is -0.620. The van der Waals surface area contributed by atoms with Gasteiger partial charge in [0.05, 0.1) is 0 Å². The van der Waals surface area contributed by atoms with Gasteiger partial charge in [-0.15, -0.1) is 0 Å². The normalized spacial score (nSPS) is 18.8. The molecule has 2 heterocycles. The van der Waals surface area contributed by atoms with Crippen LogP contribution in [-0.4, -0.2) is 58.8 Å². The zero-order chi connectivity index (χ0) is 14.9. The molecule has 0 amide bonds. The lowest BCUT2D eigenvalue weighted by molar-refractivity contribution is 0.180. The molecule has 0 bridgehead atoms. The first-order valence-corrected chi connectivity index (χ1v) is 9.18. The molecule has 118 valence electrons. The van der Waals surface area contributed by atoms with Crippen molar-refractivity contribution in [3.63, 3.8) is 0 Å². The van der Waals surface area contributed by atoms with Crippen LogP contribution in [0.4, 0.5) is 0 Å². The summed E-state index contributed by atoms with van der Waals surface area (Å²) in [5, 5.41) is 12.9. The van der Waals surface area contributed by atoms with Gasteiger partial charge in [0.15, 0.2) is 0 Å². The van der Waals surface area contributed by atoms with Crippen molar-refractivity contribution in [3.8, 4) is 0 Å². The predicted molar refractivity (Wildman–Crippen MR) is 89.5 cm³/mol. The zero-order valence-electron chi connectivity index (χ0n) is 12.9. The summed E-state index contributed by atoms with van der Waals surface area (Å²) in [6.07, 6.45) is 9.15. The Morgan fingerprint density at radius 1 is 1.48 bits per heavy atom. The fourth-order valence-electron chi connectivity index (χ4n) is 2.91. The molecular weight excluding hydrogens is 282 g/mol. The van der Waals surface area contributed by atoms with Crippen LogP contribution in [0, 0.1) is 0 Å². The monoisotopic (exact) mass is 309 g/mol. The maximum atomic E-state index is 9.14. The number of aliphatic hydroxyl groups excluding tert-OH is 1. The Labute approximate surface area is 132 Å². The fraction of sp³-hybridized carbons (Fsp3) is 0.688. The van der Waals surface area contributed by atoms with E-state index in [0.717, 1.165) is 31.8 Å².